The summed E-state index contributed by atoms with van der Waals surface area (Å²) >= 11 is 1.28. The van der Waals surface area contributed by atoms with E-state index < -0.39 is 0 Å². The third kappa shape index (κ3) is 4.27. The zero-order chi connectivity index (χ0) is 19.3. The summed E-state index contributed by atoms with van der Waals surface area (Å²) in [5.74, 6) is 0.971. The Balaban J connectivity index is 1.51. The summed E-state index contributed by atoms with van der Waals surface area (Å²) in [6.07, 6.45) is 1.65. The van der Waals surface area contributed by atoms with Crippen molar-refractivity contribution in [2.45, 2.75) is 6.54 Å². The molecule has 3 N–H and O–H groups in total. The van der Waals surface area contributed by atoms with Crippen molar-refractivity contribution >= 4 is 22.3 Å². The highest BCUT2D eigenvalue weighted by Gasteiger charge is 2.14. The normalized spacial score (nSPS) is 10.6. The SMILES string of the molecule is Nc1nc(-c2ccccc2)c(Oc2ccnc(NCc3cccc(F)c3)c2)s1. The molecular weight excluding hydrogens is 375 g/mol. The Kier molecular flexibility index (Phi) is 5.16. The van der Waals surface area contributed by atoms with Crippen LogP contribution in [0.2, 0.25) is 0 Å². The fraction of sp³-hybridized carbons (Fsp3) is 0.0476. The monoisotopic (exact) mass is 392 g/mol. The number of halogens is 1. The molecule has 5 nitrogen and oxygen atoms in total. The number of rotatable bonds is 6. The molecule has 0 amide bonds. The first-order chi connectivity index (χ1) is 13.7. The van der Waals surface area contributed by atoms with E-state index in [1.54, 1.807) is 24.4 Å². The van der Waals surface area contributed by atoms with Gasteiger partial charge in [-0.3, -0.25) is 0 Å². The molecule has 0 radical (unpaired) electrons. The van der Waals surface area contributed by atoms with E-state index in [-0.39, 0.29) is 5.82 Å². The lowest BCUT2D eigenvalue weighted by Crippen LogP contribution is -2.01. The van der Waals surface area contributed by atoms with Crippen LogP contribution >= 0.6 is 11.3 Å². The number of nitrogens with one attached hydrogen (secondary N) is 1. The van der Waals surface area contributed by atoms with Gasteiger partial charge in [-0.1, -0.05) is 53.8 Å². The fourth-order valence-corrected chi connectivity index (χ4v) is 3.41. The Hall–Kier alpha value is -3.45. The van der Waals surface area contributed by atoms with E-state index in [4.69, 9.17) is 10.5 Å². The van der Waals surface area contributed by atoms with Crippen LogP contribution in [0.1, 0.15) is 5.56 Å². The second-order valence-corrected chi connectivity index (χ2v) is 7.01. The van der Waals surface area contributed by atoms with Crippen molar-refractivity contribution in [3.63, 3.8) is 0 Å². The summed E-state index contributed by atoms with van der Waals surface area (Å²) < 4.78 is 19.3. The Morgan fingerprint density at radius 3 is 2.71 bits per heavy atom. The lowest BCUT2D eigenvalue weighted by atomic mass is 10.2. The minimum absolute atomic E-state index is 0.263. The first-order valence-corrected chi connectivity index (χ1v) is 9.43. The molecule has 0 bridgehead atoms. The Morgan fingerprint density at radius 1 is 1.04 bits per heavy atom. The van der Waals surface area contributed by atoms with E-state index in [0.717, 1.165) is 11.1 Å². The van der Waals surface area contributed by atoms with Crippen LogP contribution in [0.5, 0.6) is 10.8 Å². The zero-order valence-electron chi connectivity index (χ0n) is 14.8. The van der Waals surface area contributed by atoms with Crippen LogP contribution < -0.4 is 15.8 Å². The van der Waals surface area contributed by atoms with Gasteiger partial charge in [0.1, 0.15) is 23.1 Å². The van der Waals surface area contributed by atoms with Gasteiger partial charge in [0.25, 0.3) is 0 Å². The largest absolute Gasteiger partial charge is 0.444 e. The molecule has 0 fully saturated rings. The van der Waals surface area contributed by atoms with Gasteiger partial charge in [0, 0.05) is 24.4 Å². The van der Waals surface area contributed by atoms with E-state index in [1.807, 2.05) is 36.4 Å². The maximum atomic E-state index is 13.3. The topological polar surface area (TPSA) is 73.1 Å². The fourth-order valence-electron chi connectivity index (χ4n) is 2.69. The molecule has 4 aromatic rings. The summed E-state index contributed by atoms with van der Waals surface area (Å²) in [6, 6.07) is 19.7. The van der Waals surface area contributed by atoms with Gasteiger partial charge >= 0.3 is 0 Å². The predicted molar refractivity (Wildman–Crippen MR) is 110 cm³/mol. The first-order valence-electron chi connectivity index (χ1n) is 8.61. The van der Waals surface area contributed by atoms with E-state index in [0.29, 0.717) is 34.0 Å². The summed E-state index contributed by atoms with van der Waals surface area (Å²) in [6.45, 7) is 0.455. The molecule has 0 atom stereocenters. The van der Waals surface area contributed by atoms with Gasteiger partial charge in [-0.05, 0) is 23.8 Å². The smallest absolute Gasteiger partial charge is 0.210 e. The molecule has 0 aliphatic heterocycles. The number of ether oxygens (including phenoxy) is 1. The van der Waals surface area contributed by atoms with Crippen LogP contribution in [0, 0.1) is 5.82 Å². The Morgan fingerprint density at radius 2 is 1.89 bits per heavy atom. The predicted octanol–water partition coefficient (Wildman–Crippen LogP) is 5.33. The average Bonchev–Trinajstić information content (AvgIpc) is 3.07. The summed E-state index contributed by atoms with van der Waals surface area (Å²) in [5.41, 5.74) is 8.36. The van der Waals surface area contributed by atoms with Gasteiger partial charge in [-0.15, -0.1) is 0 Å². The lowest BCUT2D eigenvalue weighted by Gasteiger charge is -2.09. The van der Waals surface area contributed by atoms with Gasteiger partial charge in [-0.25, -0.2) is 14.4 Å². The van der Waals surface area contributed by atoms with Gasteiger partial charge in [0.2, 0.25) is 5.06 Å². The van der Waals surface area contributed by atoms with Crippen molar-refractivity contribution < 1.29 is 9.13 Å². The van der Waals surface area contributed by atoms with Crippen molar-refractivity contribution in [3.8, 4) is 22.1 Å². The highest BCUT2D eigenvalue weighted by atomic mass is 32.1. The van der Waals surface area contributed by atoms with Crippen LogP contribution in [0.4, 0.5) is 15.3 Å². The summed E-state index contributed by atoms with van der Waals surface area (Å²) in [5, 5.41) is 4.23. The van der Waals surface area contributed by atoms with Crippen LogP contribution in [0.15, 0.2) is 72.9 Å². The Bertz CT molecular complexity index is 1080. The van der Waals surface area contributed by atoms with Gasteiger partial charge in [0.15, 0.2) is 5.13 Å². The maximum absolute atomic E-state index is 13.3. The minimum atomic E-state index is -0.263. The molecule has 0 spiro atoms. The second-order valence-electron chi connectivity index (χ2n) is 6.02. The van der Waals surface area contributed by atoms with E-state index in [2.05, 4.69) is 15.3 Å². The molecule has 7 heteroatoms. The lowest BCUT2D eigenvalue weighted by molar-refractivity contribution is 0.496. The molecule has 0 aliphatic carbocycles. The van der Waals surface area contributed by atoms with Crippen LogP contribution in [-0.4, -0.2) is 9.97 Å². The second kappa shape index (κ2) is 8.06. The van der Waals surface area contributed by atoms with Crippen molar-refractivity contribution in [3.05, 3.63) is 84.3 Å². The van der Waals surface area contributed by atoms with Gasteiger partial charge in [0.05, 0.1) is 0 Å². The molecule has 0 saturated carbocycles. The number of hydrogen-bond donors (Lipinski definition) is 2. The van der Waals surface area contributed by atoms with Crippen LogP contribution in [0.25, 0.3) is 11.3 Å². The van der Waals surface area contributed by atoms with Crippen molar-refractivity contribution in [1.82, 2.24) is 9.97 Å². The van der Waals surface area contributed by atoms with Crippen LogP contribution in [-0.2, 0) is 6.54 Å². The summed E-state index contributed by atoms with van der Waals surface area (Å²) in [4.78, 5) is 8.67. The molecular formula is C21H17FN4OS. The number of hydrogen-bond acceptors (Lipinski definition) is 6. The van der Waals surface area contributed by atoms with E-state index in [1.165, 1.54) is 23.5 Å². The molecule has 0 saturated heterocycles. The number of pyridine rings is 1. The number of nitrogens with zero attached hydrogens (tertiary/aromatic N) is 2. The number of nitrogen functional groups attached to an aromatic ring is 1. The van der Waals surface area contributed by atoms with Gasteiger partial charge in [-0.2, -0.15) is 0 Å². The molecule has 2 heterocycles. The molecule has 0 aliphatic rings. The molecule has 2 aromatic carbocycles. The van der Waals surface area contributed by atoms with Crippen LogP contribution in [0.3, 0.4) is 0 Å². The minimum Gasteiger partial charge on any atom is -0.444 e. The third-order valence-corrected chi connectivity index (χ3v) is 4.73. The maximum Gasteiger partial charge on any atom is 0.210 e. The van der Waals surface area contributed by atoms with Gasteiger partial charge < -0.3 is 15.8 Å². The number of nitrogens with two attached hydrogens (primary N) is 1. The van der Waals surface area contributed by atoms with E-state index in [9.17, 15) is 4.39 Å². The number of anilines is 2. The summed E-state index contributed by atoms with van der Waals surface area (Å²) in [7, 11) is 0. The standard InChI is InChI=1S/C21H17FN4OS/c22-16-8-4-5-14(11-16)13-25-18-12-17(9-10-24-18)27-20-19(26-21(23)28-20)15-6-2-1-3-7-15/h1-12H,13H2,(H2,23,26)(H,24,25). The number of aromatic nitrogens is 2. The number of thiazole rings is 1. The Labute approximate surface area is 165 Å². The van der Waals surface area contributed by atoms with Crippen molar-refractivity contribution in [2.24, 2.45) is 0 Å². The zero-order valence-corrected chi connectivity index (χ0v) is 15.6. The van der Waals surface area contributed by atoms with Crippen molar-refractivity contribution in [2.75, 3.05) is 11.1 Å². The first kappa shape index (κ1) is 17.9. The molecule has 2 aromatic heterocycles. The molecule has 28 heavy (non-hydrogen) atoms. The average molecular weight is 392 g/mol. The third-order valence-electron chi connectivity index (χ3n) is 3.96. The quantitative estimate of drug-likeness (QED) is 0.464. The molecule has 0 unspecified atom stereocenters. The molecule has 140 valence electrons. The molecule has 4 rings (SSSR count). The van der Waals surface area contributed by atoms with Crippen molar-refractivity contribution in [1.29, 1.82) is 0 Å². The highest BCUT2D eigenvalue weighted by molar-refractivity contribution is 7.17. The highest BCUT2D eigenvalue weighted by Crippen LogP contribution is 2.39. The number of benzene rings is 2. The van der Waals surface area contributed by atoms with E-state index >= 15 is 0 Å².